The minimum Gasteiger partial charge on any atom is -0.488 e. The Balaban J connectivity index is 1.54. The van der Waals surface area contributed by atoms with E-state index in [2.05, 4.69) is 10.2 Å². The lowest BCUT2D eigenvalue weighted by Gasteiger charge is -2.14. The van der Waals surface area contributed by atoms with Crippen molar-refractivity contribution < 1.29 is 19.0 Å². The maximum Gasteiger partial charge on any atom is 0.342 e. The molecule has 0 radical (unpaired) electrons. The molecule has 1 N–H and O–H groups in total. The molecule has 0 aliphatic rings. The number of halogens is 2. The molecule has 1 heterocycles. The van der Waals surface area contributed by atoms with E-state index in [9.17, 15) is 14.3 Å². The van der Waals surface area contributed by atoms with Gasteiger partial charge in [0.05, 0.1) is 0 Å². The van der Waals surface area contributed by atoms with Crippen molar-refractivity contribution in [3.63, 3.8) is 0 Å². The number of fused-ring (bicyclic) bond motifs is 1. The lowest BCUT2D eigenvalue weighted by Crippen LogP contribution is -2.03. The normalized spacial score (nSPS) is 11.6. The molecule has 0 saturated heterocycles. The minimum atomic E-state index is -1.12. The number of hydrogen-bond acceptors (Lipinski definition) is 5. The predicted octanol–water partition coefficient (Wildman–Crippen LogP) is 7.71. The number of carboxylic acid groups (broad SMARTS) is 1. The number of rotatable bonds is 9. The van der Waals surface area contributed by atoms with Crippen LogP contribution in [0.2, 0.25) is 5.02 Å². The molecule has 0 aliphatic carbocycles. The van der Waals surface area contributed by atoms with Crippen molar-refractivity contribution >= 4 is 46.2 Å². The molecule has 39 heavy (non-hydrogen) atoms. The van der Waals surface area contributed by atoms with Gasteiger partial charge in [-0.15, -0.1) is 10.2 Å². The molecule has 0 aliphatic heterocycles. The smallest absolute Gasteiger partial charge is 0.342 e. The topological polar surface area (TPSA) is 77.2 Å². The molecule has 5 aromatic rings. The van der Waals surface area contributed by atoms with Crippen molar-refractivity contribution in [2.45, 2.75) is 25.2 Å². The second kappa shape index (κ2) is 11.7. The van der Waals surface area contributed by atoms with Gasteiger partial charge in [0.1, 0.15) is 23.1 Å². The number of carboxylic acids is 1. The summed E-state index contributed by atoms with van der Waals surface area (Å²) in [4.78, 5) is 12.5. The number of aliphatic carboxylic acids is 1. The number of carbonyl (C=O) groups is 1. The van der Waals surface area contributed by atoms with Crippen LogP contribution in [0.5, 0.6) is 5.75 Å². The number of ether oxygens (including phenoxy) is 1. The van der Waals surface area contributed by atoms with Gasteiger partial charge in [0.2, 0.25) is 0 Å². The first kappa shape index (κ1) is 26.5. The fourth-order valence-electron chi connectivity index (χ4n) is 4.15. The van der Waals surface area contributed by atoms with E-state index in [1.165, 1.54) is 6.07 Å². The molecule has 0 atom stereocenters. The zero-order valence-electron chi connectivity index (χ0n) is 20.8. The molecular formula is C30H23ClFN3O3S. The number of benzene rings is 4. The Morgan fingerprint density at radius 3 is 2.51 bits per heavy atom. The highest BCUT2D eigenvalue weighted by Gasteiger charge is 2.20. The van der Waals surface area contributed by atoms with Crippen molar-refractivity contribution in [3.8, 4) is 17.1 Å². The Bertz CT molecular complexity index is 1690. The van der Waals surface area contributed by atoms with E-state index in [0.717, 1.165) is 28.1 Å². The number of thioether (sulfide) groups is 1. The summed E-state index contributed by atoms with van der Waals surface area (Å²) < 4.78 is 22.1. The first-order valence-electron chi connectivity index (χ1n) is 12.1. The van der Waals surface area contributed by atoms with E-state index in [4.69, 9.17) is 16.3 Å². The molecule has 9 heteroatoms. The van der Waals surface area contributed by atoms with Gasteiger partial charge in [-0.05, 0) is 71.9 Å². The molecule has 0 spiro atoms. The fourth-order valence-corrected chi connectivity index (χ4v) is 5.14. The van der Waals surface area contributed by atoms with Gasteiger partial charge in [-0.3, -0.25) is 0 Å². The van der Waals surface area contributed by atoms with Gasteiger partial charge in [0.25, 0.3) is 0 Å². The highest BCUT2D eigenvalue weighted by molar-refractivity contribution is 8.04. The third kappa shape index (κ3) is 5.82. The Morgan fingerprint density at radius 1 is 1.03 bits per heavy atom. The quantitative estimate of drug-likeness (QED) is 0.147. The van der Waals surface area contributed by atoms with Gasteiger partial charge in [-0.25, -0.2) is 9.18 Å². The molecule has 0 saturated carbocycles. The van der Waals surface area contributed by atoms with Crippen molar-refractivity contribution in [2.75, 3.05) is 0 Å². The highest BCUT2D eigenvalue weighted by Crippen LogP contribution is 2.36. The van der Waals surface area contributed by atoms with Crippen molar-refractivity contribution in [1.82, 2.24) is 14.8 Å². The first-order valence-corrected chi connectivity index (χ1v) is 13.3. The van der Waals surface area contributed by atoms with E-state index in [1.807, 2.05) is 54.0 Å². The number of aromatic nitrogens is 3. The summed E-state index contributed by atoms with van der Waals surface area (Å²) in [5.41, 5.74) is 1.80. The first-order chi connectivity index (χ1) is 18.9. The van der Waals surface area contributed by atoms with Gasteiger partial charge in [0.15, 0.2) is 11.0 Å². The molecule has 6 nitrogen and oxygen atoms in total. The van der Waals surface area contributed by atoms with Crippen LogP contribution in [0.1, 0.15) is 18.1 Å². The van der Waals surface area contributed by atoms with Gasteiger partial charge < -0.3 is 14.4 Å². The van der Waals surface area contributed by atoms with Gasteiger partial charge >= 0.3 is 5.97 Å². The Hall–Kier alpha value is -4.14. The van der Waals surface area contributed by atoms with Crippen LogP contribution < -0.4 is 4.74 Å². The van der Waals surface area contributed by atoms with E-state index in [1.54, 1.807) is 42.5 Å². The van der Waals surface area contributed by atoms with E-state index in [0.29, 0.717) is 39.4 Å². The summed E-state index contributed by atoms with van der Waals surface area (Å²) in [6.07, 6.45) is 1.57. The molecule has 0 bridgehead atoms. The maximum absolute atomic E-state index is 14.2. The number of nitrogens with zero attached hydrogens (tertiary/aromatic N) is 3. The molecule has 4 aromatic carbocycles. The summed E-state index contributed by atoms with van der Waals surface area (Å²) in [7, 11) is 0. The summed E-state index contributed by atoms with van der Waals surface area (Å²) in [5, 5.41) is 21.5. The molecule has 1 aromatic heterocycles. The van der Waals surface area contributed by atoms with Crippen LogP contribution in [0.4, 0.5) is 4.39 Å². The lowest BCUT2D eigenvalue weighted by atomic mass is 10.0. The average Bonchev–Trinajstić information content (AvgIpc) is 3.35. The van der Waals surface area contributed by atoms with Gasteiger partial charge in [-0.2, -0.15) is 0 Å². The largest absolute Gasteiger partial charge is 0.488 e. The minimum absolute atomic E-state index is 0.00395. The van der Waals surface area contributed by atoms with Gasteiger partial charge in [-0.1, -0.05) is 60.1 Å². The van der Waals surface area contributed by atoms with Crippen LogP contribution in [0.3, 0.4) is 0 Å². The third-order valence-corrected chi connectivity index (χ3v) is 7.34. The predicted molar refractivity (Wildman–Crippen MR) is 152 cm³/mol. The molecule has 196 valence electrons. The second-order valence-electron chi connectivity index (χ2n) is 8.55. The Morgan fingerprint density at radius 2 is 1.77 bits per heavy atom. The maximum atomic E-state index is 14.2. The lowest BCUT2D eigenvalue weighted by molar-refractivity contribution is -0.131. The zero-order chi connectivity index (χ0) is 27.4. The summed E-state index contributed by atoms with van der Waals surface area (Å²) in [5.74, 6) is -0.435. The van der Waals surface area contributed by atoms with Gasteiger partial charge in [0, 0.05) is 28.3 Å². The Labute approximate surface area is 233 Å². The Kier molecular flexibility index (Phi) is 7.95. The van der Waals surface area contributed by atoms with Crippen LogP contribution in [0.25, 0.3) is 28.2 Å². The van der Waals surface area contributed by atoms with E-state index in [-0.39, 0.29) is 17.3 Å². The van der Waals surface area contributed by atoms with Crippen LogP contribution >= 0.6 is 23.4 Å². The van der Waals surface area contributed by atoms with Crippen molar-refractivity contribution in [3.05, 3.63) is 112 Å². The molecule has 0 unspecified atom stereocenters. The van der Waals surface area contributed by atoms with Crippen LogP contribution in [0.15, 0.2) is 95.0 Å². The third-order valence-electron chi connectivity index (χ3n) is 6.09. The summed E-state index contributed by atoms with van der Waals surface area (Å²) in [6, 6.07) is 24.9. The average molecular weight is 560 g/mol. The van der Waals surface area contributed by atoms with Crippen molar-refractivity contribution in [2.24, 2.45) is 0 Å². The van der Waals surface area contributed by atoms with Crippen LogP contribution in [-0.2, 0) is 17.9 Å². The van der Waals surface area contributed by atoms with E-state index >= 15 is 0 Å². The summed E-state index contributed by atoms with van der Waals surface area (Å²) in [6.45, 7) is 2.47. The van der Waals surface area contributed by atoms with Crippen LogP contribution in [-0.4, -0.2) is 25.8 Å². The SMILES string of the molecule is CCn1c(S/C(=C\c2c(OCc3ccccc3F)ccc3ccccc23)C(=O)O)nnc1-c1ccc(Cl)cc1. The van der Waals surface area contributed by atoms with Crippen LogP contribution in [0, 0.1) is 5.82 Å². The van der Waals surface area contributed by atoms with Crippen molar-refractivity contribution in [1.29, 1.82) is 0 Å². The molecule has 0 amide bonds. The monoisotopic (exact) mass is 559 g/mol. The molecule has 0 fully saturated rings. The summed E-state index contributed by atoms with van der Waals surface area (Å²) >= 11 is 7.03. The number of hydrogen-bond donors (Lipinski definition) is 1. The highest BCUT2D eigenvalue weighted by atomic mass is 35.5. The standard InChI is InChI=1S/C30H23ClFN3O3S/c1-2-35-28(20-11-14-22(31)15-12-20)33-34-30(35)39-27(29(36)37)17-24-23-9-5-3-7-19(23)13-16-26(24)38-18-21-8-4-6-10-25(21)32/h3-17H,2,18H2,1H3,(H,36,37)/b27-17-. The molecular weight excluding hydrogens is 537 g/mol. The fraction of sp³-hybridized carbons (Fsp3) is 0.100. The van der Waals surface area contributed by atoms with E-state index < -0.39 is 5.97 Å². The molecule has 5 rings (SSSR count). The second-order valence-corrected chi connectivity index (χ2v) is 10.00. The zero-order valence-corrected chi connectivity index (χ0v) is 22.4.